The fourth-order valence-corrected chi connectivity index (χ4v) is 4.54. The van der Waals surface area contributed by atoms with Gasteiger partial charge in [0.25, 0.3) is 0 Å². The minimum absolute atomic E-state index is 0.0390. The lowest BCUT2D eigenvalue weighted by molar-refractivity contribution is -0.128. The fraction of sp³-hybridized carbons (Fsp3) is 0.375. The van der Waals surface area contributed by atoms with Crippen molar-refractivity contribution < 1.29 is 4.79 Å². The Morgan fingerprint density at radius 1 is 1.11 bits per heavy atom. The summed E-state index contributed by atoms with van der Waals surface area (Å²) in [5.74, 6) is 0.0765. The Kier molecular flexibility index (Phi) is 4.25. The predicted molar refractivity (Wildman–Crippen MR) is 117 cm³/mol. The number of benzene rings is 2. The van der Waals surface area contributed by atoms with Crippen LogP contribution in [0.5, 0.6) is 0 Å². The average molecular weight is 376 g/mol. The molecule has 0 bridgehead atoms. The molecule has 0 radical (unpaired) electrons. The Balaban J connectivity index is 1.78. The van der Waals surface area contributed by atoms with E-state index in [9.17, 15) is 4.79 Å². The van der Waals surface area contributed by atoms with Crippen LogP contribution in [0.3, 0.4) is 0 Å². The molecule has 2 unspecified atom stereocenters. The molecule has 0 saturated carbocycles. The minimum atomic E-state index is -0.569. The molecule has 4 nitrogen and oxygen atoms in total. The van der Waals surface area contributed by atoms with Gasteiger partial charge in [0, 0.05) is 37.4 Å². The molecule has 1 amide bonds. The number of carbonyl (C=O) groups is 1. The van der Waals surface area contributed by atoms with Crippen molar-refractivity contribution in [2.24, 2.45) is 5.92 Å². The highest BCUT2D eigenvalue weighted by Crippen LogP contribution is 2.52. The third-order valence-electron chi connectivity index (χ3n) is 6.39. The van der Waals surface area contributed by atoms with Crippen molar-refractivity contribution in [2.45, 2.75) is 31.8 Å². The molecule has 28 heavy (non-hydrogen) atoms. The van der Waals surface area contributed by atoms with Gasteiger partial charge in [0.15, 0.2) is 0 Å². The van der Waals surface area contributed by atoms with E-state index in [0.717, 1.165) is 12.1 Å². The second kappa shape index (κ2) is 6.40. The molecule has 0 spiro atoms. The monoisotopic (exact) mass is 375 g/mol. The predicted octanol–water partition coefficient (Wildman–Crippen LogP) is 4.03. The first-order valence-corrected chi connectivity index (χ1v) is 9.92. The van der Waals surface area contributed by atoms with Gasteiger partial charge in [-0.15, -0.1) is 0 Å². The third kappa shape index (κ3) is 2.62. The highest BCUT2D eigenvalue weighted by atomic mass is 16.2. The van der Waals surface area contributed by atoms with Crippen LogP contribution in [0.15, 0.2) is 54.6 Å². The van der Waals surface area contributed by atoms with Gasteiger partial charge in [-0.05, 0) is 35.4 Å². The molecule has 1 fully saturated rings. The second-order valence-electron chi connectivity index (χ2n) is 8.73. The van der Waals surface area contributed by atoms with E-state index in [1.807, 2.05) is 21.0 Å². The first kappa shape index (κ1) is 18.6. The molecule has 2 heterocycles. The van der Waals surface area contributed by atoms with Crippen LogP contribution >= 0.6 is 0 Å². The van der Waals surface area contributed by atoms with Gasteiger partial charge >= 0.3 is 0 Å². The van der Waals surface area contributed by atoms with Crippen LogP contribution in [0.4, 0.5) is 11.4 Å². The molecule has 0 aliphatic carbocycles. The van der Waals surface area contributed by atoms with Gasteiger partial charge in [-0.3, -0.25) is 4.79 Å². The number of carbonyl (C=O) groups excluding carboxylic acids is 1. The van der Waals surface area contributed by atoms with Crippen LogP contribution < -0.4 is 15.1 Å². The van der Waals surface area contributed by atoms with Crippen molar-refractivity contribution in [3.8, 4) is 0 Å². The molecular formula is C24H29N3O. The summed E-state index contributed by atoms with van der Waals surface area (Å²) < 4.78 is 0. The standard InChI is InChI=1S/C24H29N3O/c1-17-16-27-21-9-7-6-8-20(21)23(2,3)24(27,25-22(17)28)15-14-18-10-12-19(13-11-18)26(4)5/h6-15,17H,16H2,1-5H3,(H,25,28). The molecule has 1 N–H and O–H groups in total. The lowest BCUT2D eigenvalue weighted by Gasteiger charge is -2.50. The van der Waals surface area contributed by atoms with Crippen LogP contribution in [-0.2, 0) is 10.2 Å². The number of hydrogen-bond acceptors (Lipinski definition) is 3. The number of nitrogens with one attached hydrogen (secondary N) is 1. The summed E-state index contributed by atoms with van der Waals surface area (Å²) in [6.45, 7) is 7.16. The van der Waals surface area contributed by atoms with Crippen molar-refractivity contribution in [2.75, 3.05) is 30.4 Å². The smallest absolute Gasteiger partial charge is 0.226 e. The minimum Gasteiger partial charge on any atom is -0.378 e. The summed E-state index contributed by atoms with van der Waals surface area (Å²) in [5.41, 5.74) is 3.97. The highest BCUT2D eigenvalue weighted by molar-refractivity contribution is 5.86. The van der Waals surface area contributed by atoms with Gasteiger partial charge in [-0.1, -0.05) is 57.2 Å². The zero-order valence-corrected chi connectivity index (χ0v) is 17.4. The van der Waals surface area contributed by atoms with Crippen molar-refractivity contribution in [1.29, 1.82) is 0 Å². The zero-order valence-electron chi connectivity index (χ0n) is 17.4. The molecule has 4 rings (SSSR count). The van der Waals surface area contributed by atoms with E-state index in [1.165, 1.54) is 16.9 Å². The van der Waals surface area contributed by atoms with Gasteiger partial charge in [-0.25, -0.2) is 0 Å². The Morgan fingerprint density at radius 3 is 2.46 bits per heavy atom. The Morgan fingerprint density at radius 2 is 1.79 bits per heavy atom. The van der Waals surface area contributed by atoms with E-state index in [4.69, 9.17) is 0 Å². The molecule has 0 aromatic heterocycles. The van der Waals surface area contributed by atoms with E-state index in [-0.39, 0.29) is 17.2 Å². The van der Waals surface area contributed by atoms with E-state index >= 15 is 0 Å². The molecule has 2 atom stereocenters. The third-order valence-corrected chi connectivity index (χ3v) is 6.39. The first-order valence-electron chi connectivity index (χ1n) is 9.92. The van der Waals surface area contributed by atoms with Gasteiger partial charge in [0.05, 0.1) is 5.92 Å². The van der Waals surface area contributed by atoms with E-state index in [2.05, 4.69) is 89.6 Å². The Labute approximate surface area is 167 Å². The summed E-state index contributed by atoms with van der Waals surface area (Å²) in [7, 11) is 4.08. The normalized spacial score (nSPS) is 25.4. The molecule has 4 heteroatoms. The number of fused-ring (bicyclic) bond motifs is 3. The highest BCUT2D eigenvalue weighted by Gasteiger charge is 2.58. The van der Waals surface area contributed by atoms with Gasteiger partial charge in [-0.2, -0.15) is 0 Å². The van der Waals surface area contributed by atoms with E-state index in [0.29, 0.717) is 0 Å². The number of para-hydroxylation sites is 1. The fourth-order valence-electron chi connectivity index (χ4n) is 4.54. The second-order valence-corrected chi connectivity index (χ2v) is 8.73. The SMILES string of the molecule is CC1CN2c3ccccc3C(C)(C)C2(C=Cc2ccc(N(C)C)cc2)NC1=O. The number of amides is 1. The number of anilines is 2. The van der Waals surface area contributed by atoms with E-state index in [1.54, 1.807) is 0 Å². The van der Waals surface area contributed by atoms with Crippen LogP contribution in [0.25, 0.3) is 6.08 Å². The number of nitrogens with zero attached hydrogens (tertiary/aromatic N) is 2. The maximum Gasteiger partial charge on any atom is 0.226 e. The molecule has 146 valence electrons. The Hall–Kier alpha value is -2.75. The van der Waals surface area contributed by atoms with Crippen molar-refractivity contribution in [1.82, 2.24) is 5.32 Å². The summed E-state index contributed by atoms with van der Waals surface area (Å²) in [6, 6.07) is 17.0. The molecule has 1 saturated heterocycles. The van der Waals surface area contributed by atoms with Gasteiger partial charge in [0.1, 0.15) is 5.66 Å². The molecule has 2 aliphatic rings. The average Bonchev–Trinajstić information content (AvgIpc) is 2.86. The maximum absolute atomic E-state index is 12.7. The number of rotatable bonds is 3. The van der Waals surface area contributed by atoms with Crippen molar-refractivity contribution >= 4 is 23.4 Å². The van der Waals surface area contributed by atoms with Gasteiger partial charge < -0.3 is 15.1 Å². The summed E-state index contributed by atoms with van der Waals surface area (Å²) in [6.07, 6.45) is 4.32. The lowest BCUT2D eigenvalue weighted by atomic mass is 9.74. The Bertz CT molecular complexity index is 929. The largest absolute Gasteiger partial charge is 0.378 e. The van der Waals surface area contributed by atoms with Crippen LogP contribution in [0.1, 0.15) is 31.9 Å². The topological polar surface area (TPSA) is 35.6 Å². The lowest BCUT2D eigenvalue weighted by Crippen LogP contribution is -2.70. The van der Waals surface area contributed by atoms with Crippen LogP contribution in [0.2, 0.25) is 0 Å². The van der Waals surface area contributed by atoms with Gasteiger partial charge in [0.2, 0.25) is 5.91 Å². The molecule has 2 aliphatic heterocycles. The zero-order chi connectivity index (χ0) is 20.1. The first-order chi connectivity index (χ1) is 13.3. The summed E-state index contributed by atoms with van der Waals surface area (Å²) in [4.78, 5) is 17.2. The molecular weight excluding hydrogens is 346 g/mol. The molecule has 2 aromatic carbocycles. The summed E-state index contributed by atoms with van der Waals surface area (Å²) >= 11 is 0. The van der Waals surface area contributed by atoms with Crippen molar-refractivity contribution in [3.05, 3.63) is 65.7 Å². The molecule has 2 aromatic rings. The van der Waals surface area contributed by atoms with Crippen LogP contribution in [0, 0.1) is 5.92 Å². The number of hydrogen-bond donors (Lipinski definition) is 1. The van der Waals surface area contributed by atoms with Crippen LogP contribution in [-0.4, -0.2) is 32.2 Å². The summed E-state index contributed by atoms with van der Waals surface area (Å²) in [5, 5.41) is 3.37. The van der Waals surface area contributed by atoms with E-state index < -0.39 is 5.66 Å². The quantitative estimate of drug-likeness (QED) is 0.880. The van der Waals surface area contributed by atoms with Crippen molar-refractivity contribution in [3.63, 3.8) is 0 Å². The maximum atomic E-state index is 12.7.